The highest BCUT2D eigenvalue weighted by molar-refractivity contribution is 5.84. The minimum atomic E-state index is -0.866. The predicted octanol–water partition coefficient (Wildman–Crippen LogP) is 1.09. The molecule has 2 aromatic rings. The molecule has 0 bridgehead atoms. The normalized spacial score (nSPS) is 21.1. The lowest BCUT2D eigenvalue weighted by Crippen LogP contribution is -2.40. The molecule has 130 valence electrons. The summed E-state index contributed by atoms with van der Waals surface area (Å²) in [5.41, 5.74) is 2.82. The van der Waals surface area contributed by atoms with Crippen molar-refractivity contribution in [3.8, 4) is 0 Å². The molecule has 0 aromatic carbocycles. The van der Waals surface area contributed by atoms with Crippen molar-refractivity contribution in [3.63, 3.8) is 0 Å². The SMILES string of the molecule is Cc1nn(C)c2cnn(CCNC(=O)[C@@H]3CCCC[C@@H]3C(=O)O)c12. The number of fused-ring (bicyclic) bond motifs is 1. The van der Waals surface area contributed by atoms with Crippen LogP contribution in [0.4, 0.5) is 0 Å². The van der Waals surface area contributed by atoms with E-state index in [0.717, 1.165) is 29.6 Å². The third kappa shape index (κ3) is 3.00. The number of aliphatic carboxylic acids is 1. The van der Waals surface area contributed by atoms with E-state index in [1.807, 2.05) is 18.7 Å². The molecule has 2 atom stereocenters. The molecule has 3 rings (SSSR count). The van der Waals surface area contributed by atoms with Gasteiger partial charge in [0.05, 0.1) is 30.3 Å². The van der Waals surface area contributed by atoms with Gasteiger partial charge in [0, 0.05) is 13.6 Å². The first-order valence-electron chi connectivity index (χ1n) is 8.34. The number of carbonyl (C=O) groups excluding carboxylic acids is 1. The number of amides is 1. The summed E-state index contributed by atoms with van der Waals surface area (Å²) in [6.45, 7) is 2.89. The van der Waals surface area contributed by atoms with Crippen LogP contribution in [0, 0.1) is 18.8 Å². The lowest BCUT2D eigenvalue weighted by molar-refractivity contribution is -0.148. The number of aryl methyl sites for hydroxylation is 2. The van der Waals surface area contributed by atoms with Gasteiger partial charge in [-0.15, -0.1) is 0 Å². The van der Waals surface area contributed by atoms with Gasteiger partial charge in [0.2, 0.25) is 5.91 Å². The zero-order valence-electron chi connectivity index (χ0n) is 14.0. The van der Waals surface area contributed by atoms with Crippen LogP contribution in [0.25, 0.3) is 11.0 Å². The summed E-state index contributed by atoms with van der Waals surface area (Å²) in [6, 6.07) is 0. The van der Waals surface area contributed by atoms with Crippen molar-refractivity contribution in [2.45, 2.75) is 39.2 Å². The van der Waals surface area contributed by atoms with Gasteiger partial charge in [-0.3, -0.25) is 19.0 Å². The molecule has 8 nitrogen and oxygen atoms in total. The van der Waals surface area contributed by atoms with Crippen LogP contribution >= 0.6 is 0 Å². The Morgan fingerprint density at radius 3 is 2.75 bits per heavy atom. The lowest BCUT2D eigenvalue weighted by atomic mass is 9.79. The molecule has 0 unspecified atom stereocenters. The first kappa shape index (κ1) is 16.5. The number of nitrogens with zero attached hydrogens (tertiary/aromatic N) is 4. The number of carboxylic acid groups (broad SMARTS) is 1. The third-order valence-corrected chi connectivity index (χ3v) is 4.85. The molecule has 1 saturated carbocycles. The van der Waals surface area contributed by atoms with E-state index in [2.05, 4.69) is 15.5 Å². The van der Waals surface area contributed by atoms with E-state index in [9.17, 15) is 14.7 Å². The maximum atomic E-state index is 12.4. The topological polar surface area (TPSA) is 102 Å². The fraction of sp³-hybridized carbons (Fsp3) is 0.625. The highest BCUT2D eigenvalue weighted by Gasteiger charge is 2.35. The predicted molar refractivity (Wildman–Crippen MR) is 87.3 cm³/mol. The van der Waals surface area contributed by atoms with Gasteiger partial charge in [0.25, 0.3) is 0 Å². The van der Waals surface area contributed by atoms with Crippen molar-refractivity contribution in [1.82, 2.24) is 24.9 Å². The molecule has 1 aliphatic rings. The number of aromatic nitrogens is 4. The van der Waals surface area contributed by atoms with E-state index in [4.69, 9.17) is 0 Å². The Labute approximate surface area is 139 Å². The molecule has 0 aliphatic heterocycles. The molecular formula is C16H23N5O3. The zero-order valence-corrected chi connectivity index (χ0v) is 14.0. The van der Waals surface area contributed by atoms with Crippen LogP contribution in [-0.2, 0) is 23.2 Å². The quantitative estimate of drug-likeness (QED) is 0.852. The Kier molecular flexibility index (Phi) is 4.55. The van der Waals surface area contributed by atoms with Gasteiger partial charge in [0.15, 0.2) is 0 Å². The Morgan fingerprint density at radius 1 is 1.33 bits per heavy atom. The van der Waals surface area contributed by atoms with Crippen molar-refractivity contribution in [2.75, 3.05) is 6.54 Å². The molecule has 0 saturated heterocycles. The second-order valence-electron chi connectivity index (χ2n) is 6.44. The van der Waals surface area contributed by atoms with Gasteiger partial charge in [0.1, 0.15) is 11.0 Å². The molecule has 1 aliphatic carbocycles. The van der Waals surface area contributed by atoms with E-state index < -0.39 is 17.8 Å². The second-order valence-corrected chi connectivity index (χ2v) is 6.44. The van der Waals surface area contributed by atoms with Crippen LogP contribution in [0.3, 0.4) is 0 Å². The fourth-order valence-corrected chi connectivity index (χ4v) is 3.64. The molecule has 2 aromatic heterocycles. The lowest BCUT2D eigenvalue weighted by Gasteiger charge is -2.27. The highest BCUT2D eigenvalue weighted by atomic mass is 16.4. The first-order chi connectivity index (χ1) is 11.5. The van der Waals surface area contributed by atoms with Crippen LogP contribution in [0.15, 0.2) is 6.20 Å². The van der Waals surface area contributed by atoms with Crippen molar-refractivity contribution in [2.24, 2.45) is 18.9 Å². The van der Waals surface area contributed by atoms with Gasteiger partial charge in [-0.05, 0) is 19.8 Å². The van der Waals surface area contributed by atoms with Crippen LogP contribution in [0.1, 0.15) is 31.4 Å². The summed E-state index contributed by atoms with van der Waals surface area (Å²) >= 11 is 0. The Morgan fingerprint density at radius 2 is 2.04 bits per heavy atom. The third-order valence-electron chi connectivity index (χ3n) is 4.85. The monoisotopic (exact) mass is 333 g/mol. The number of nitrogens with one attached hydrogen (secondary N) is 1. The zero-order chi connectivity index (χ0) is 17.3. The molecular weight excluding hydrogens is 310 g/mol. The molecule has 0 radical (unpaired) electrons. The smallest absolute Gasteiger partial charge is 0.307 e. The Hall–Kier alpha value is -2.38. The van der Waals surface area contributed by atoms with E-state index in [1.165, 1.54) is 0 Å². The molecule has 24 heavy (non-hydrogen) atoms. The van der Waals surface area contributed by atoms with Crippen LogP contribution in [0.2, 0.25) is 0 Å². The Bertz CT molecular complexity index is 763. The minimum Gasteiger partial charge on any atom is -0.481 e. The molecule has 0 spiro atoms. The standard InChI is InChI=1S/C16H23N5O3/c1-10-14-13(20(2)19-10)9-18-21(14)8-7-17-15(22)11-5-3-4-6-12(11)16(23)24/h9,11-12H,3-8H2,1-2H3,(H,17,22)(H,23,24)/t11-,12+/m1/s1. The summed E-state index contributed by atoms with van der Waals surface area (Å²) in [5, 5.41) is 20.9. The summed E-state index contributed by atoms with van der Waals surface area (Å²) < 4.78 is 3.61. The van der Waals surface area contributed by atoms with Gasteiger partial charge in [-0.25, -0.2) is 0 Å². The van der Waals surface area contributed by atoms with E-state index in [-0.39, 0.29) is 5.91 Å². The summed E-state index contributed by atoms with van der Waals surface area (Å²) in [4.78, 5) is 23.7. The van der Waals surface area contributed by atoms with Crippen molar-refractivity contribution in [3.05, 3.63) is 11.9 Å². The first-order valence-corrected chi connectivity index (χ1v) is 8.34. The van der Waals surface area contributed by atoms with Crippen LogP contribution < -0.4 is 5.32 Å². The molecule has 2 N–H and O–H groups in total. The minimum absolute atomic E-state index is 0.159. The summed E-state index contributed by atoms with van der Waals surface area (Å²) in [5.74, 6) is -2.01. The van der Waals surface area contributed by atoms with Crippen molar-refractivity contribution < 1.29 is 14.7 Å². The summed E-state index contributed by atoms with van der Waals surface area (Å²) in [6.07, 6.45) is 4.79. The van der Waals surface area contributed by atoms with Gasteiger partial charge in [-0.1, -0.05) is 12.8 Å². The van der Waals surface area contributed by atoms with Crippen molar-refractivity contribution in [1.29, 1.82) is 0 Å². The average Bonchev–Trinajstić information content (AvgIpc) is 3.10. The number of carboxylic acids is 1. The largest absolute Gasteiger partial charge is 0.481 e. The molecule has 1 fully saturated rings. The number of rotatable bonds is 5. The van der Waals surface area contributed by atoms with Crippen LogP contribution in [0.5, 0.6) is 0 Å². The molecule has 2 heterocycles. The molecule has 8 heteroatoms. The fourth-order valence-electron chi connectivity index (χ4n) is 3.64. The van der Waals surface area contributed by atoms with Gasteiger partial charge < -0.3 is 10.4 Å². The maximum Gasteiger partial charge on any atom is 0.307 e. The summed E-state index contributed by atoms with van der Waals surface area (Å²) in [7, 11) is 1.87. The number of hydrogen-bond acceptors (Lipinski definition) is 4. The maximum absolute atomic E-state index is 12.4. The highest BCUT2D eigenvalue weighted by Crippen LogP contribution is 2.30. The number of carbonyl (C=O) groups is 2. The van der Waals surface area contributed by atoms with Gasteiger partial charge >= 0.3 is 5.97 Å². The molecule has 1 amide bonds. The average molecular weight is 333 g/mol. The second kappa shape index (κ2) is 6.62. The van der Waals surface area contributed by atoms with E-state index in [1.54, 1.807) is 10.9 Å². The van der Waals surface area contributed by atoms with Crippen LogP contribution in [-0.4, -0.2) is 43.1 Å². The van der Waals surface area contributed by atoms with Crippen molar-refractivity contribution >= 4 is 22.9 Å². The Balaban J connectivity index is 1.61. The van der Waals surface area contributed by atoms with E-state index >= 15 is 0 Å². The van der Waals surface area contributed by atoms with E-state index in [0.29, 0.717) is 25.9 Å². The number of hydrogen-bond donors (Lipinski definition) is 2. The van der Waals surface area contributed by atoms with Gasteiger partial charge in [-0.2, -0.15) is 10.2 Å².